The maximum absolute atomic E-state index is 10.5. The van der Waals surface area contributed by atoms with E-state index in [0.717, 1.165) is 12.3 Å². The van der Waals surface area contributed by atoms with Crippen molar-refractivity contribution in [2.45, 2.75) is 52.6 Å². The monoisotopic (exact) mass is 220 g/mol. The van der Waals surface area contributed by atoms with Crippen molar-refractivity contribution in [1.82, 2.24) is 0 Å². The van der Waals surface area contributed by atoms with E-state index in [-0.39, 0.29) is 11.5 Å². The van der Waals surface area contributed by atoms with Gasteiger partial charge in [-0.05, 0) is 48.9 Å². The highest BCUT2D eigenvalue weighted by molar-refractivity contribution is 5.31. The van der Waals surface area contributed by atoms with Crippen LogP contribution in [0.1, 0.15) is 46.5 Å². The molecule has 0 spiro atoms. The van der Waals surface area contributed by atoms with Gasteiger partial charge in [-0.2, -0.15) is 0 Å². The number of aliphatic hydroxyl groups excluding tert-OH is 1. The minimum Gasteiger partial charge on any atom is -0.392 e. The van der Waals surface area contributed by atoms with E-state index >= 15 is 0 Å². The van der Waals surface area contributed by atoms with Gasteiger partial charge in [-0.1, -0.05) is 32.9 Å². The summed E-state index contributed by atoms with van der Waals surface area (Å²) in [7, 11) is 0. The number of rotatable bonds is 0. The van der Waals surface area contributed by atoms with Gasteiger partial charge in [0.05, 0.1) is 6.10 Å². The fraction of sp³-hybridized carbons (Fsp3) is 0.867. The Morgan fingerprint density at radius 1 is 1.19 bits per heavy atom. The van der Waals surface area contributed by atoms with E-state index in [1.807, 2.05) is 0 Å². The number of aliphatic hydroxyl groups is 1. The zero-order chi connectivity index (χ0) is 11.7. The molecule has 5 atom stereocenters. The predicted octanol–water partition coefficient (Wildman–Crippen LogP) is 3.39. The van der Waals surface area contributed by atoms with Crippen molar-refractivity contribution in [2.24, 2.45) is 28.6 Å². The molecule has 0 amide bonds. The van der Waals surface area contributed by atoms with Crippen LogP contribution >= 0.6 is 0 Å². The minimum atomic E-state index is -0.153. The first kappa shape index (κ1) is 10.8. The maximum Gasteiger partial charge on any atom is 0.0633 e. The molecule has 90 valence electrons. The summed E-state index contributed by atoms with van der Waals surface area (Å²) in [5, 5.41) is 10.5. The second kappa shape index (κ2) is 2.93. The SMILES string of the molecule is C=C1[C@H]2CC[C@@H]3[C@H]2C(C)(C)CC[C@H](O)[C@]13C. The third-order valence-electron chi connectivity index (χ3n) is 6.22. The summed E-state index contributed by atoms with van der Waals surface area (Å²) in [4.78, 5) is 0. The van der Waals surface area contributed by atoms with Crippen molar-refractivity contribution in [3.05, 3.63) is 12.2 Å². The molecule has 3 aliphatic rings. The quantitative estimate of drug-likeness (QED) is 0.620. The summed E-state index contributed by atoms with van der Waals surface area (Å²) in [6, 6.07) is 0. The van der Waals surface area contributed by atoms with Crippen LogP contribution in [0.5, 0.6) is 0 Å². The molecule has 0 aromatic rings. The average Bonchev–Trinajstić information content (AvgIpc) is 2.72. The second-order valence-corrected chi connectivity index (χ2v) is 7.17. The molecule has 0 heterocycles. The summed E-state index contributed by atoms with van der Waals surface area (Å²) in [6.07, 6.45) is 4.61. The number of hydrogen-bond acceptors (Lipinski definition) is 1. The topological polar surface area (TPSA) is 20.2 Å². The van der Waals surface area contributed by atoms with Gasteiger partial charge in [0.2, 0.25) is 0 Å². The van der Waals surface area contributed by atoms with Gasteiger partial charge in [0.1, 0.15) is 0 Å². The third kappa shape index (κ3) is 1.01. The van der Waals surface area contributed by atoms with Crippen LogP contribution in [0, 0.1) is 28.6 Å². The smallest absolute Gasteiger partial charge is 0.0633 e. The fourth-order valence-corrected chi connectivity index (χ4v) is 5.23. The summed E-state index contributed by atoms with van der Waals surface area (Å²) in [6.45, 7) is 11.4. The Morgan fingerprint density at radius 3 is 2.56 bits per heavy atom. The van der Waals surface area contributed by atoms with Crippen LogP contribution < -0.4 is 0 Å². The van der Waals surface area contributed by atoms with Gasteiger partial charge >= 0.3 is 0 Å². The standard InChI is InChI=1S/C15H24O/c1-9-10-5-6-11-13(10)14(2,3)8-7-12(16)15(9,11)4/h10-13,16H,1,5-8H2,2-4H3/t10-,11-,12+,13+,15-/m1/s1. The molecule has 0 unspecified atom stereocenters. The molecule has 0 saturated heterocycles. The molecule has 0 aromatic carbocycles. The van der Waals surface area contributed by atoms with E-state index in [2.05, 4.69) is 27.4 Å². The zero-order valence-corrected chi connectivity index (χ0v) is 10.8. The van der Waals surface area contributed by atoms with Crippen LogP contribution in [-0.4, -0.2) is 11.2 Å². The van der Waals surface area contributed by atoms with Gasteiger partial charge in [-0.15, -0.1) is 0 Å². The van der Waals surface area contributed by atoms with E-state index in [1.54, 1.807) is 0 Å². The molecule has 4 bridgehead atoms. The Bertz CT molecular complexity index is 343. The lowest BCUT2D eigenvalue weighted by molar-refractivity contribution is 0.0249. The molecule has 0 radical (unpaired) electrons. The molecular weight excluding hydrogens is 196 g/mol. The molecule has 3 aliphatic carbocycles. The predicted molar refractivity (Wildman–Crippen MR) is 66.0 cm³/mol. The van der Waals surface area contributed by atoms with E-state index in [9.17, 15) is 5.11 Å². The largest absolute Gasteiger partial charge is 0.392 e. The van der Waals surface area contributed by atoms with Crippen LogP contribution in [-0.2, 0) is 0 Å². The first-order chi connectivity index (χ1) is 7.39. The molecule has 3 rings (SSSR count). The highest BCUT2D eigenvalue weighted by Gasteiger charge is 2.64. The first-order valence-electron chi connectivity index (χ1n) is 6.76. The lowest BCUT2D eigenvalue weighted by Gasteiger charge is -2.39. The van der Waals surface area contributed by atoms with Crippen molar-refractivity contribution in [3.63, 3.8) is 0 Å². The van der Waals surface area contributed by atoms with Crippen molar-refractivity contribution in [2.75, 3.05) is 0 Å². The van der Waals surface area contributed by atoms with Crippen molar-refractivity contribution >= 4 is 0 Å². The molecule has 1 nitrogen and oxygen atoms in total. The van der Waals surface area contributed by atoms with Gasteiger partial charge in [0.15, 0.2) is 0 Å². The Kier molecular flexibility index (Phi) is 1.98. The lowest BCUT2D eigenvalue weighted by Crippen LogP contribution is -2.38. The van der Waals surface area contributed by atoms with E-state index in [1.165, 1.54) is 24.8 Å². The van der Waals surface area contributed by atoms with Crippen LogP contribution in [0.3, 0.4) is 0 Å². The van der Waals surface area contributed by atoms with Crippen molar-refractivity contribution in [3.8, 4) is 0 Å². The van der Waals surface area contributed by atoms with E-state index in [4.69, 9.17) is 0 Å². The zero-order valence-electron chi connectivity index (χ0n) is 10.8. The van der Waals surface area contributed by atoms with Crippen LogP contribution in [0.4, 0.5) is 0 Å². The Morgan fingerprint density at radius 2 is 1.88 bits per heavy atom. The molecule has 1 heteroatoms. The van der Waals surface area contributed by atoms with Crippen LogP contribution in [0.2, 0.25) is 0 Å². The minimum absolute atomic E-state index is 0.0291. The van der Waals surface area contributed by atoms with Crippen LogP contribution in [0.15, 0.2) is 12.2 Å². The highest BCUT2D eigenvalue weighted by Crippen LogP contribution is 2.69. The Balaban J connectivity index is 2.13. The Hall–Kier alpha value is -0.300. The average molecular weight is 220 g/mol. The Labute approximate surface area is 98.9 Å². The van der Waals surface area contributed by atoms with Crippen LogP contribution in [0.25, 0.3) is 0 Å². The lowest BCUT2D eigenvalue weighted by atomic mass is 9.67. The van der Waals surface area contributed by atoms with E-state index < -0.39 is 0 Å². The summed E-state index contributed by atoms with van der Waals surface area (Å²) in [5.74, 6) is 2.17. The third-order valence-corrected chi connectivity index (χ3v) is 6.22. The van der Waals surface area contributed by atoms with Crippen molar-refractivity contribution in [1.29, 1.82) is 0 Å². The normalized spacial score (nSPS) is 54.1. The summed E-state index contributed by atoms with van der Waals surface area (Å²) >= 11 is 0. The van der Waals surface area contributed by atoms with Gasteiger partial charge < -0.3 is 5.11 Å². The van der Waals surface area contributed by atoms with E-state index in [0.29, 0.717) is 17.3 Å². The molecule has 0 aliphatic heterocycles. The van der Waals surface area contributed by atoms with Crippen molar-refractivity contribution < 1.29 is 5.11 Å². The molecule has 3 fully saturated rings. The molecule has 16 heavy (non-hydrogen) atoms. The van der Waals surface area contributed by atoms with Gasteiger partial charge in [-0.3, -0.25) is 0 Å². The van der Waals surface area contributed by atoms with Gasteiger partial charge in [-0.25, -0.2) is 0 Å². The number of hydrogen-bond donors (Lipinski definition) is 1. The first-order valence-corrected chi connectivity index (χ1v) is 6.76. The van der Waals surface area contributed by atoms with Gasteiger partial charge in [0, 0.05) is 5.41 Å². The molecule has 1 N–H and O–H groups in total. The molecule has 0 aromatic heterocycles. The second-order valence-electron chi connectivity index (χ2n) is 7.17. The van der Waals surface area contributed by atoms with Gasteiger partial charge in [0.25, 0.3) is 0 Å². The maximum atomic E-state index is 10.5. The summed E-state index contributed by atoms with van der Waals surface area (Å²) < 4.78 is 0. The fourth-order valence-electron chi connectivity index (χ4n) is 5.23. The molecule has 3 saturated carbocycles. The summed E-state index contributed by atoms with van der Waals surface area (Å²) in [5.41, 5.74) is 1.79. The highest BCUT2D eigenvalue weighted by atomic mass is 16.3. The molecular formula is C15H24O.